The molecule has 43 heavy (non-hydrogen) atoms. The second-order valence-corrected chi connectivity index (χ2v) is 11.4. The van der Waals surface area contributed by atoms with E-state index in [9.17, 15) is 9.59 Å². The Morgan fingerprint density at radius 3 is 2.47 bits per heavy atom. The molecule has 0 bridgehead atoms. The van der Waals surface area contributed by atoms with E-state index < -0.39 is 5.91 Å². The standard InChI is InChI=1S/C32H28Br2ClN3O5/c1-3-41-29-14-22(10-12-28(29)42-18-21-7-5-4-6-8-21)32(40)38-36-17-23-13-24(33)15-26(34)31(23)43-19-30(39)37-25-11-9-20(2)27(35)16-25/h4-17H,3,18-19H2,1-2H3,(H,37,39)(H,38,40)/b36-17+. The summed E-state index contributed by atoms with van der Waals surface area (Å²) in [5.74, 6) is 0.539. The highest BCUT2D eigenvalue weighted by atomic mass is 79.9. The predicted octanol–water partition coefficient (Wildman–Crippen LogP) is 7.93. The molecule has 0 aliphatic carbocycles. The van der Waals surface area contributed by atoms with Crippen molar-refractivity contribution < 1.29 is 23.8 Å². The molecule has 0 saturated heterocycles. The monoisotopic (exact) mass is 727 g/mol. The molecule has 8 nitrogen and oxygen atoms in total. The number of hydrogen-bond acceptors (Lipinski definition) is 6. The number of anilines is 1. The van der Waals surface area contributed by atoms with Crippen molar-refractivity contribution in [3.05, 3.63) is 115 Å². The topological polar surface area (TPSA) is 98.3 Å². The molecular weight excluding hydrogens is 702 g/mol. The summed E-state index contributed by atoms with van der Waals surface area (Å²) in [7, 11) is 0. The molecule has 0 aliphatic rings. The number of hydrogen-bond donors (Lipinski definition) is 2. The lowest BCUT2D eigenvalue weighted by molar-refractivity contribution is -0.118. The van der Waals surface area contributed by atoms with E-state index in [1.165, 1.54) is 6.21 Å². The SMILES string of the molecule is CCOc1cc(C(=O)N/N=C/c2cc(Br)cc(Br)c2OCC(=O)Nc2ccc(C)c(Cl)c2)ccc1OCc1ccccc1. The van der Waals surface area contributed by atoms with Crippen molar-refractivity contribution in [2.24, 2.45) is 5.10 Å². The number of halogens is 3. The van der Waals surface area contributed by atoms with E-state index in [0.29, 0.717) is 56.8 Å². The third-order valence-electron chi connectivity index (χ3n) is 5.95. The van der Waals surface area contributed by atoms with Gasteiger partial charge in [0.25, 0.3) is 11.8 Å². The molecule has 2 amide bonds. The van der Waals surface area contributed by atoms with Gasteiger partial charge in [-0.2, -0.15) is 5.10 Å². The lowest BCUT2D eigenvalue weighted by Gasteiger charge is -2.13. The molecule has 0 heterocycles. The molecule has 0 atom stereocenters. The van der Waals surface area contributed by atoms with Gasteiger partial charge in [-0.3, -0.25) is 9.59 Å². The number of hydrazone groups is 1. The minimum absolute atomic E-state index is 0.266. The third-order valence-corrected chi connectivity index (χ3v) is 7.41. The first-order chi connectivity index (χ1) is 20.7. The zero-order valence-corrected chi connectivity index (χ0v) is 27.3. The molecule has 222 valence electrons. The fraction of sp³-hybridized carbons (Fsp3) is 0.156. The van der Waals surface area contributed by atoms with Crippen molar-refractivity contribution in [2.75, 3.05) is 18.5 Å². The average molecular weight is 730 g/mol. The van der Waals surface area contributed by atoms with Crippen molar-refractivity contribution in [2.45, 2.75) is 20.5 Å². The molecule has 2 N–H and O–H groups in total. The summed E-state index contributed by atoms with van der Waals surface area (Å²) in [6, 6.07) is 23.5. The second kappa shape index (κ2) is 15.6. The van der Waals surface area contributed by atoms with Gasteiger partial charge in [0, 0.05) is 26.3 Å². The summed E-state index contributed by atoms with van der Waals surface area (Å²) in [5, 5.41) is 7.42. The summed E-state index contributed by atoms with van der Waals surface area (Å²) < 4.78 is 18.8. The van der Waals surface area contributed by atoms with Crippen molar-refractivity contribution in [1.82, 2.24) is 5.43 Å². The van der Waals surface area contributed by atoms with Gasteiger partial charge in [0.2, 0.25) is 0 Å². The van der Waals surface area contributed by atoms with Gasteiger partial charge in [-0.1, -0.05) is 63.9 Å². The van der Waals surface area contributed by atoms with E-state index in [-0.39, 0.29) is 12.5 Å². The predicted molar refractivity (Wildman–Crippen MR) is 176 cm³/mol. The van der Waals surface area contributed by atoms with Gasteiger partial charge in [0.15, 0.2) is 18.1 Å². The van der Waals surface area contributed by atoms with Gasteiger partial charge >= 0.3 is 0 Å². The van der Waals surface area contributed by atoms with Crippen LogP contribution in [0, 0.1) is 6.92 Å². The second-order valence-electron chi connectivity index (χ2n) is 9.17. The lowest BCUT2D eigenvalue weighted by atomic mass is 10.2. The van der Waals surface area contributed by atoms with E-state index in [0.717, 1.165) is 15.6 Å². The van der Waals surface area contributed by atoms with Gasteiger partial charge in [-0.15, -0.1) is 0 Å². The molecule has 0 saturated carbocycles. The van der Waals surface area contributed by atoms with Crippen LogP contribution in [0.4, 0.5) is 5.69 Å². The number of benzene rings is 4. The van der Waals surface area contributed by atoms with E-state index in [1.54, 1.807) is 42.5 Å². The molecule has 0 fully saturated rings. The molecule has 4 rings (SSSR count). The van der Waals surface area contributed by atoms with Crippen LogP contribution >= 0.6 is 43.5 Å². The number of carbonyl (C=O) groups is 2. The average Bonchev–Trinajstić information content (AvgIpc) is 2.98. The molecular formula is C32H28Br2ClN3O5. The zero-order valence-electron chi connectivity index (χ0n) is 23.3. The summed E-state index contributed by atoms with van der Waals surface area (Å²) >= 11 is 13.1. The highest BCUT2D eigenvalue weighted by Crippen LogP contribution is 2.32. The van der Waals surface area contributed by atoms with Gasteiger partial charge in [0.05, 0.1) is 17.3 Å². The Balaban J connectivity index is 1.41. The van der Waals surface area contributed by atoms with Crippen LogP contribution in [0.25, 0.3) is 0 Å². The minimum atomic E-state index is -0.445. The maximum absolute atomic E-state index is 12.9. The molecule has 0 radical (unpaired) electrons. The van der Waals surface area contributed by atoms with Gasteiger partial charge in [0.1, 0.15) is 12.4 Å². The van der Waals surface area contributed by atoms with Crippen LogP contribution in [0.5, 0.6) is 17.2 Å². The summed E-state index contributed by atoms with van der Waals surface area (Å²) in [6.07, 6.45) is 1.43. The quantitative estimate of drug-likeness (QED) is 0.114. The number of ether oxygens (including phenoxy) is 3. The first-order valence-electron chi connectivity index (χ1n) is 13.2. The molecule has 4 aromatic carbocycles. The van der Waals surface area contributed by atoms with Crippen LogP contribution in [0.2, 0.25) is 5.02 Å². The summed E-state index contributed by atoms with van der Waals surface area (Å²) in [6.45, 7) is 4.24. The highest BCUT2D eigenvalue weighted by Gasteiger charge is 2.14. The first kappa shape index (κ1) is 32.1. The number of rotatable bonds is 12. The number of nitrogens with zero attached hydrogens (tertiary/aromatic N) is 1. The van der Waals surface area contributed by atoms with Crippen LogP contribution in [0.15, 0.2) is 92.9 Å². The largest absolute Gasteiger partial charge is 0.490 e. The van der Waals surface area contributed by atoms with E-state index in [1.807, 2.05) is 50.2 Å². The van der Waals surface area contributed by atoms with Crippen LogP contribution < -0.4 is 25.0 Å². The smallest absolute Gasteiger partial charge is 0.271 e. The van der Waals surface area contributed by atoms with Crippen LogP contribution in [0.1, 0.15) is 34.0 Å². The Morgan fingerprint density at radius 1 is 0.930 bits per heavy atom. The van der Waals surface area contributed by atoms with Crippen molar-refractivity contribution in [3.63, 3.8) is 0 Å². The molecule has 0 aliphatic heterocycles. The molecule has 0 spiro atoms. The number of amides is 2. The number of nitrogens with one attached hydrogen (secondary N) is 2. The Bertz CT molecular complexity index is 1630. The van der Waals surface area contributed by atoms with Crippen LogP contribution in [-0.2, 0) is 11.4 Å². The highest BCUT2D eigenvalue weighted by molar-refractivity contribution is 9.11. The summed E-state index contributed by atoms with van der Waals surface area (Å²) in [4.78, 5) is 25.4. The third kappa shape index (κ3) is 9.31. The van der Waals surface area contributed by atoms with Crippen molar-refractivity contribution in [1.29, 1.82) is 0 Å². The Labute approximate surface area is 271 Å². The van der Waals surface area contributed by atoms with E-state index in [2.05, 4.69) is 47.7 Å². The molecule has 11 heteroatoms. The Morgan fingerprint density at radius 2 is 1.72 bits per heavy atom. The number of aryl methyl sites for hydroxylation is 1. The van der Waals surface area contributed by atoms with Crippen LogP contribution in [-0.4, -0.2) is 31.2 Å². The molecule has 0 unspecified atom stereocenters. The molecule has 0 aromatic heterocycles. The minimum Gasteiger partial charge on any atom is -0.490 e. The van der Waals surface area contributed by atoms with Crippen molar-refractivity contribution in [3.8, 4) is 17.2 Å². The van der Waals surface area contributed by atoms with Gasteiger partial charge in [-0.05, 0) is 83.4 Å². The maximum Gasteiger partial charge on any atom is 0.271 e. The van der Waals surface area contributed by atoms with Gasteiger partial charge < -0.3 is 19.5 Å². The van der Waals surface area contributed by atoms with E-state index in [4.69, 9.17) is 25.8 Å². The Kier molecular flexibility index (Phi) is 11.6. The maximum atomic E-state index is 12.9. The lowest BCUT2D eigenvalue weighted by Crippen LogP contribution is -2.21. The number of carbonyl (C=O) groups excluding carboxylic acids is 2. The first-order valence-corrected chi connectivity index (χ1v) is 15.1. The normalized spacial score (nSPS) is 10.8. The van der Waals surface area contributed by atoms with Crippen molar-refractivity contribution >= 4 is 67.2 Å². The fourth-order valence-corrected chi connectivity index (χ4v) is 5.38. The van der Waals surface area contributed by atoms with Gasteiger partial charge in [-0.25, -0.2) is 5.43 Å². The fourth-order valence-electron chi connectivity index (χ4n) is 3.83. The van der Waals surface area contributed by atoms with Crippen LogP contribution in [0.3, 0.4) is 0 Å². The Hall–Kier alpha value is -3.86. The zero-order chi connectivity index (χ0) is 30.8. The van der Waals surface area contributed by atoms with E-state index >= 15 is 0 Å². The summed E-state index contributed by atoms with van der Waals surface area (Å²) in [5.41, 5.74) is 5.87. The molecule has 4 aromatic rings.